The number of ether oxygens (including phenoxy) is 1. The van der Waals surface area contributed by atoms with E-state index >= 15 is 0 Å². The molecule has 8 nitrogen and oxygen atoms in total. The van der Waals surface area contributed by atoms with Gasteiger partial charge in [-0.1, -0.05) is 12.1 Å². The number of carbonyl (C=O) groups is 1. The van der Waals surface area contributed by atoms with E-state index in [1.807, 2.05) is 55.6 Å². The van der Waals surface area contributed by atoms with Gasteiger partial charge in [-0.2, -0.15) is 0 Å². The highest BCUT2D eigenvalue weighted by Gasteiger charge is 2.42. The first-order valence-corrected chi connectivity index (χ1v) is 12.8. The molecule has 0 radical (unpaired) electrons. The molecule has 0 unspecified atom stereocenters. The lowest BCUT2D eigenvalue weighted by molar-refractivity contribution is -0.114. The molecule has 1 saturated heterocycles. The van der Waals surface area contributed by atoms with E-state index in [0.29, 0.717) is 16.5 Å². The molecule has 4 aromatic rings. The second-order valence-corrected chi connectivity index (χ2v) is 9.80. The van der Waals surface area contributed by atoms with E-state index in [0.717, 1.165) is 39.7 Å². The number of aryl methyl sites for hydroxylation is 2. The van der Waals surface area contributed by atoms with E-state index < -0.39 is 0 Å². The van der Waals surface area contributed by atoms with Crippen molar-refractivity contribution in [3.05, 3.63) is 95.2 Å². The fourth-order valence-electron chi connectivity index (χ4n) is 5.11. The molecule has 9 heteroatoms. The molecule has 2 N–H and O–H groups in total. The third-order valence-corrected chi connectivity index (χ3v) is 7.10. The lowest BCUT2D eigenvalue weighted by Gasteiger charge is -2.29. The van der Waals surface area contributed by atoms with E-state index in [1.54, 1.807) is 13.3 Å². The number of nitrogens with zero attached hydrogens (tertiary/aromatic N) is 4. The fraction of sp³-hybridized carbons (Fsp3) is 0.241. The second kappa shape index (κ2) is 10.3. The second-order valence-electron chi connectivity index (χ2n) is 9.42. The minimum Gasteiger partial charge on any atom is -0.495 e. The fourth-order valence-corrected chi connectivity index (χ4v) is 5.46. The van der Waals surface area contributed by atoms with Crippen LogP contribution < -0.4 is 20.3 Å². The highest BCUT2D eigenvalue weighted by atomic mass is 32.1. The van der Waals surface area contributed by atoms with Gasteiger partial charge in [-0.05, 0) is 86.6 Å². The first-order valence-electron chi connectivity index (χ1n) is 12.4. The summed E-state index contributed by atoms with van der Waals surface area (Å²) in [6.45, 7) is 7.70. The van der Waals surface area contributed by atoms with Gasteiger partial charge in [-0.25, -0.2) is 4.98 Å². The number of benzene rings is 1. The smallest absolute Gasteiger partial charge is 0.221 e. The number of amides is 1. The number of rotatable bonds is 6. The summed E-state index contributed by atoms with van der Waals surface area (Å²) in [5.74, 6) is 1.26. The Hall–Kier alpha value is -4.24. The molecule has 4 heterocycles. The van der Waals surface area contributed by atoms with Crippen LogP contribution in [0.25, 0.3) is 5.82 Å². The minimum absolute atomic E-state index is 0.181. The molecule has 38 heavy (non-hydrogen) atoms. The van der Waals surface area contributed by atoms with E-state index in [-0.39, 0.29) is 18.0 Å². The van der Waals surface area contributed by atoms with Gasteiger partial charge < -0.3 is 24.8 Å². The summed E-state index contributed by atoms with van der Waals surface area (Å²) < 4.78 is 7.65. The van der Waals surface area contributed by atoms with Crippen LogP contribution >= 0.6 is 12.2 Å². The number of anilines is 2. The molecule has 0 saturated carbocycles. The molecule has 1 fully saturated rings. The van der Waals surface area contributed by atoms with Crippen LogP contribution in [0.15, 0.2) is 67.0 Å². The number of hydrogen-bond acceptors (Lipinski definition) is 5. The molecule has 1 aliphatic heterocycles. The maximum Gasteiger partial charge on any atom is 0.221 e. The zero-order valence-corrected chi connectivity index (χ0v) is 22.8. The lowest BCUT2D eigenvalue weighted by Crippen LogP contribution is -2.29. The van der Waals surface area contributed by atoms with Gasteiger partial charge in [-0.15, -0.1) is 0 Å². The van der Waals surface area contributed by atoms with Gasteiger partial charge in [0.05, 0.1) is 30.6 Å². The Morgan fingerprint density at radius 3 is 2.55 bits per heavy atom. The van der Waals surface area contributed by atoms with E-state index in [2.05, 4.69) is 56.0 Å². The molecular weight excluding hydrogens is 496 g/mol. The Bertz CT molecular complexity index is 1500. The summed E-state index contributed by atoms with van der Waals surface area (Å²) in [4.78, 5) is 23.3. The van der Waals surface area contributed by atoms with Crippen molar-refractivity contribution in [3.63, 3.8) is 0 Å². The average molecular weight is 527 g/mol. The topological polar surface area (TPSA) is 84.3 Å². The van der Waals surface area contributed by atoms with Crippen LogP contribution in [0, 0.1) is 20.8 Å². The number of aromatic nitrogens is 3. The van der Waals surface area contributed by atoms with Gasteiger partial charge in [-0.3, -0.25) is 9.78 Å². The Balaban J connectivity index is 1.67. The summed E-state index contributed by atoms with van der Waals surface area (Å²) in [5.41, 5.74) is 6.64. The van der Waals surface area contributed by atoms with Crippen LogP contribution in [0.5, 0.6) is 5.75 Å². The van der Waals surface area contributed by atoms with Crippen molar-refractivity contribution in [2.45, 2.75) is 39.8 Å². The summed E-state index contributed by atoms with van der Waals surface area (Å²) in [7, 11) is 1.58. The van der Waals surface area contributed by atoms with Gasteiger partial charge in [0, 0.05) is 36.4 Å². The largest absolute Gasteiger partial charge is 0.495 e. The molecule has 0 spiro atoms. The Labute approximate surface area is 227 Å². The van der Waals surface area contributed by atoms with Crippen LogP contribution in [0.3, 0.4) is 0 Å². The van der Waals surface area contributed by atoms with Crippen molar-refractivity contribution >= 4 is 34.6 Å². The standard InChI is InChI=1S/C29H30N6O2S/c1-17-9-12-26(31-16-17)34-18(2)14-22(19(34)3)28-27(23-8-6-7-13-30-23)33-29(38)35(28)21-10-11-25(37-5)24(15-21)32-20(4)36/h6-16,27-28H,1-5H3,(H,32,36)(H,33,38)/t27-,28+/m1/s1. The third-order valence-electron chi connectivity index (χ3n) is 6.78. The molecule has 1 aromatic carbocycles. The van der Waals surface area contributed by atoms with Gasteiger partial charge in [0.2, 0.25) is 5.91 Å². The summed E-state index contributed by atoms with van der Waals surface area (Å²) in [6, 6.07) is 17.5. The van der Waals surface area contributed by atoms with Crippen LogP contribution in [-0.2, 0) is 4.79 Å². The number of thiocarbonyl (C=S) groups is 1. The van der Waals surface area contributed by atoms with Crippen molar-refractivity contribution in [1.82, 2.24) is 19.9 Å². The Morgan fingerprint density at radius 2 is 1.89 bits per heavy atom. The molecule has 194 valence electrons. The zero-order chi connectivity index (χ0) is 27.0. The summed E-state index contributed by atoms with van der Waals surface area (Å²) in [5, 5.41) is 6.95. The molecule has 1 amide bonds. The molecule has 1 aliphatic rings. The van der Waals surface area contributed by atoms with Crippen molar-refractivity contribution in [1.29, 1.82) is 0 Å². The number of hydrogen-bond donors (Lipinski definition) is 2. The van der Waals surface area contributed by atoms with Gasteiger partial charge in [0.15, 0.2) is 5.11 Å². The maximum atomic E-state index is 11.9. The van der Waals surface area contributed by atoms with Crippen LogP contribution in [0.1, 0.15) is 47.2 Å². The SMILES string of the molecule is COc1ccc(N2C(=S)N[C@H](c3ccccn3)[C@@H]2c2cc(C)n(-c3ccc(C)cn3)c2C)cc1NC(C)=O. The van der Waals surface area contributed by atoms with E-state index in [9.17, 15) is 4.79 Å². The van der Waals surface area contributed by atoms with E-state index in [4.69, 9.17) is 17.0 Å². The predicted molar refractivity (Wildman–Crippen MR) is 153 cm³/mol. The highest BCUT2D eigenvalue weighted by molar-refractivity contribution is 7.80. The lowest BCUT2D eigenvalue weighted by atomic mass is 9.96. The first-order chi connectivity index (χ1) is 18.3. The zero-order valence-electron chi connectivity index (χ0n) is 22.0. The molecule has 3 aromatic heterocycles. The number of methoxy groups -OCH3 is 1. The number of pyridine rings is 2. The van der Waals surface area contributed by atoms with Crippen molar-refractivity contribution in [3.8, 4) is 11.6 Å². The van der Waals surface area contributed by atoms with E-state index in [1.165, 1.54) is 6.92 Å². The Kier molecular flexibility index (Phi) is 6.86. The van der Waals surface area contributed by atoms with Gasteiger partial charge in [0.25, 0.3) is 0 Å². The predicted octanol–water partition coefficient (Wildman–Crippen LogP) is 5.34. The van der Waals surface area contributed by atoms with Crippen molar-refractivity contribution < 1.29 is 9.53 Å². The van der Waals surface area contributed by atoms with Gasteiger partial charge in [0.1, 0.15) is 11.6 Å². The highest BCUT2D eigenvalue weighted by Crippen LogP contribution is 2.45. The molecule has 5 rings (SSSR count). The third kappa shape index (κ3) is 4.61. The van der Waals surface area contributed by atoms with Crippen LogP contribution in [0.4, 0.5) is 11.4 Å². The monoisotopic (exact) mass is 526 g/mol. The van der Waals surface area contributed by atoms with Crippen molar-refractivity contribution in [2.24, 2.45) is 0 Å². The quantitative estimate of drug-likeness (QED) is 0.328. The van der Waals surface area contributed by atoms with Crippen LogP contribution in [0.2, 0.25) is 0 Å². The first kappa shape index (κ1) is 25.4. The summed E-state index contributed by atoms with van der Waals surface area (Å²) in [6.07, 6.45) is 3.67. The normalized spacial score (nSPS) is 16.9. The minimum atomic E-state index is -0.207. The molecule has 0 bridgehead atoms. The average Bonchev–Trinajstić information content (AvgIpc) is 3.39. The van der Waals surface area contributed by atoms with Crippen molar-refractivity contribution in [2.75, 3.05) is 17.3 Å². The maximum absolute atomic E-state index is 11.9. The van der Waals surface area contributed by atoms with Gasteiger partial charge >= 0.3 is 0 Å². The summed E-state index contributed by atoms with van der Waals surface area (Å²) >= 11 is 5.91. The molecule has 0 aliphatic carbocycles. The molecular formula is C29H30N6O2S. The number of carbonyl (C=O) groups excluding carboxylic acids is 1. The number of nitrogens with one attached hydrogen (secondary N) is 2. The Morgan fingerprint density at radius 1 is 1.08 bits per heavy atom. The molecule has 2 atom stereocenters. The van der Waals surface area contributed by atoms with Crippen LogP contribution in [-0.4, -0.2) is 32.7 Å².